The molecule has 1 saturated carbocycles. The van der Waals surface area contributed by atoms with Crippen LogP contribution in [-0.4, -0.2) is 32.8 Å². The van der Waals surface area contributed by atoms with Gasteiger partial charge in [-0.05, 0) is 57.2 Å². The third kappa shape index (κ3) is 3.40. The summed E-state index contributed by atoms with van der Waals surface area (Å²) in [5.74, 6) is 0.248. The summed E-state index contributed by atoms with van der Waals surface area (Å²) in [5, 5.41) is 3.43. The highest BCUT2D eigenvalue weighted by Gasteiger charge is 2.34. The highest BCUT2D eigenvalue weighted by Crippen LogP contribution is 2.34. The second kappa shape index (κ2) is 5.97. The van der Waals surface area contributed by atoms with Crippen molar-refractivity contribution in [2.75, 3.05) is 16.6 Å². The van der Waals surface area contributed by atoms with E-state index in [0.717, 1.165) is 37.1 Å². The quantitative estimate of drug-likeness (QED) is 0.786. The Morgan fingerprint density at radius 3 is 2.76 bits per heavy atom. The molecule has 4 nitrogen and oxygen atoms in total. The zero-order valence-electron chi connectivity index (χ0n) is 12.6. The van der Waals surface area contributed by atoms with Crippen LogP contribution in [0.1, 0.15) is 38.2 Å². The Bertz CT molecular complexity index is 596. The zero-order valence-corrected chi connectivity index (χ0v) is 13.4. The molecule has 0 radical (unpaired) electrons. The summed E-state index contributed by atoms with van der Waals surface area (Å²) < 4.78 is 26.9. The fourth-order valence-electron chi connectivity index (χ4n) is 3.06. The molecule has 1 N–H and O–H groups in total. The fraction of sp³-hybridized carbons (Fsp3) is 0.625. The third-order valence-corrected chi connectivity index (χ3v) is 6.24. The molecule has 1 aromatic carbocycles. The molecular formula is C16H24N2O2S. The van der Waals surface area contributed by atoms with E-state index in [1.165, 1.54) is 12.8 Å². The first-order chi connectivity index (χ1) is 10.1. The third-order valence-electron chi connectivity index (χ3n) is 4.28. The Labute approximate surface area is 127 Å². The van der Waals surface area contributed by atoms with E-state index < -0.39 is 10.0 Å². The number of hydrogen-bond donors (Lipinski definition) is 1. The van der Waals surface area contributed by atoms with Gasteiger partial charge in [-0.1, -0.05) is 18.2 Å². The van der Waals surface area contributed by atoms with Crippen molar-refractivity contribution in [1.82, 2.24) is 5.32 Å². The van der Waals surface area contributed by atoms with Crippen molar-refractivity contribution in [3.8, 4) is 0 Å². The molecule has 0 bridgehead atoms. The summed E-state index contributed by atoms with van der Waals surface area (Å²) in [6.07, 6.45) is 5.03. The van der Waals surface area contributed by atoms with Crippen LogP contribution in [0, 0.1) is 0 Å². The number of para-hydroxylation sites is 1. The van der Waals surface area contributed by atoms with Gasteiger partial charge in [0.15, 0.2) is 0 Å². The minimum atomic E-state index is -3.20. The van der Waals surface area contributed by atoms with Crippen LogP contribution < -0.4 is 9.62 Å². The highest BCUT2D eigenvalue weighted by molar-refractivity contribution is 7.92. The van der Waals surface area contributed by atoms with Crippen LogP contribution in [0.15, 0.2) is 24.3 Å². The number of nitrogens with zero attached hydrogens (tertiary/aromatic N) is 1. The van der Waals surface area contributed by atoms with Crippen molar-refractivity contribution in [1.29, 1.82) is 0 Å². The first-order valence-corrected chi connectivity index (χ1v) is 9.52. The fourth-order valence-corrected chi connectivity index (χ4v) is 4.93. The minimum absolute atomic E-state index is 0.0389. The van der Waals surface area contributed by atoms with E-state index in [1.54, 1.807) is 4.31 Å². The number of hydrogen-bond acceptors (Lipinski definition) is 3. The van der Waals surface area contributed by atoms with Crippen molar-refractivity contribution in [2.45, 2.75) is 51.1 Å². The van der Waals surface area contributed by atoms with Crippen molar-refractivity contribution < 1.29 is 8.42 Å². The Kier molecular flexibility index (Phi) is 4.22. The van der Waals surface area contributed by atoms with E-state index >= 15 is 0 Å². The lowest BCUT2D eigenvalue weighted by Gasteiger charge is -2.24. The largest absolute Gasteiger partial charge is 0.314 e. The maximum Gasteiger partial charge on any atom is 0.235 e. The molecule has 1 atom stereocenters. The monoisotopic (exact) mass is 308 g/mol. The summed E-state index contributed by atoms with van der Waals surface area (Å²) in [4.78, 5) is 0. The molecule has 1 heterocycles. The molecule has 3 rings (SSSR count). The van der Waals surface area contributed by atoms with Gasteiger partial charge in [0, 0.05) is 12.1 Å². The lowest BCUT2D eigenvalue weighted by molar-refractivity contribution is 0.575. The van der Waals surface area contributed by atoms with Gasteiger partial charge >= 0.3 is 0 Å². The molecule has 21 heavy (non-hydrogen) atoms. The minimum Gasteiger partial charge on any atom is -0.314 e. The molecule has 2 aliphatic rings. The van der Waals surface area contributed by atoms with Crippen molar-refractivity contribution in [2.24, 2.45) is 0 Å². The lowest BCUT2D eigenvalue weighted by atomic mass is 10.1. The van der Waals surface area contributed by atoms with Crippen LogP contribution in [0.3, 0.4) is 0 Å². The second-order valence-corrected chi connectivity index (χ2v) is 8.19. The van der Waals surface area contributed by atoms with Gasteiger partial charge in [-0.2, -0.15) is 0 Å². The smallest absolute Gasteiger partial charge is 0.235 e. The molecule has 0 saturated heterocycles. The lowest BCUT2D eigenvalue weighted by Crippen LogP contribution is -2.37. The molecule has 116 valence electrons. The van der Waals surface area contributed by atoms with Crippen LogP contribution in [0.4, 0.5) is 5.69 Å². The Morgan fingerprint density at radius 2 is 2.00 bits per heavy atom. The average molecular weight is 308 g/mol. The van der Waals surface area contributed by atoms with Gasteiger partial charge in [0.25, 0.3) is 0 Å². The Balaban J connectivity index is 1.58. The van der Waals surface area contributed by atoms with E-state index in [2.05, 4.69) is 5.32 Å². The van der Waals surface area contributed by atoms with E-state index in [-0.39, 0.29) is 11.8 Å². The molecule has 5 heteroatoms. The molecule has 1 unspecified atom stereocenters. The van der Waals surface area contributed by atoms with Gasteiger partial charge < -0.3 is 5.32 Å². The normalized spacial score (nSPS) is 21.6. The van der Waals surface area contributed by atoms with Crippen LogP contribution in [0.25, 0.3) is 0 Å². The van der Waals surface area contributed by atoms with Crippen LogP contribution in [0.2, 0.25) is 0 Å². The molecule has 1 aromatic rings. The molecule has 1 fully saturated rings. The van der Waals surface area contributed by atoms with Gasteiger partial charge in [0.05, 0.1) is 11.4 Å². The number of fused-ring (bicyclic) bond motifs is 1. The van der Waals surface area contributed by atoms with Crippen molar-refractivity contribution in [3.05, 3.63) is 29.8 Å². The molecule has 1 aliphatic carbocycles. The number of anilines is 1. The number of nitrogens with one attached hydrogen (secondary N) is 1. The molecule has 0 spiro atoms. The summed E-state index contributed by atoms with van der Waals surface area (Å²) >= 11 is 0. The van der Waals surface area contributed by atoms with Crippen LogP contribution >= 0.6 is 0 Å². The van der Waals surface area contributed by atoms with E-state index in [9.17, 15) is 8.42 Å². The first kappa shape index (κ1) is 14.9. The SMILES string of the molecule is CC1Cc2ccccc2N1S(=O)(=O)CCCCNC1CC1. The van der Waals surface area contributed by atoms with Crippen LogP contribution in [-0.2, 0) is 16.4 Å². The van der Waals surface area contributed by atoms with Gasteiger partial charge in [-0.25, -0.2) is 8.42 Å². The van der Waals surface area contributed by atoms with E-state index in [4.69, 9.17) is 0 Å². The second-order valence-electron chi connectivity index (χ2n) is 6.23. The summed E-state index contributed by atoms with van der Waals surface area (Å²) in [7, 11) is -3.20. The maximum atomic E-state index is 12.6. The highest BCUT2D eigenvalue weighted by atomic mass is 32.2. The van der Waals surface area contributed by atoms with Gasteiger partial charge in [0.1, 0.15) is 0 Å². The molecule has 0 amide bonds. The average Bonchev–Trinajstić information content (AvgIpc) is 3.18. The standard InChI is InChI=1S/C16H24N2O2S/c1-13-12-14-6-2-3-7-16(14)18(13)21(19,20)11-5-4-10-17-15-8-9-15/h2-3,6-7,13,15,17H,4-5,8-12H2,1H3. The van der Waals surface area contributed by atoms with E-state index in [0.29, 0.717) is 6.04 Å². The van der Waals surface area contributed by atoms with Crippen molar-refractivity contribution in [3.63, 3.8) is 0 Å². The van der Waals surface area contributed by atoms with Crippen molar-refractivity contribution >= 4 is 15.7 Å². The van der Waals surface area contributed by atoms with Crippen LogP contribution in [0.5, 0.6) is 0 Å². The van der Waals surface area contributed by atoms with E-state index in [1.807, 2.05) is 31.2 Å². The zero-order chi connectivity index (χ0) is 14.9. The summed E-state index contributed by atoms with van der Waals surface area (Å²) in [5.41, 5.74) is 2.02. The number of sulfonamides is 1. The van der Waals surface area contributed by atoms with Gasteiger partial charge in [-0.15, -0.1) is 0 Å². The predicted molar refractivity (Wildman–Crippen MR) is 86.1 cm³/mol. The maximum absolute atomic E-state index is 12.6. The first-order valence-electron chi connectivity index (χ1n) is 7.91. The number of rotatable bonds is 7. The predicted octanol–water partition coefficient (Wildman–Crippen LogP) is 2.30. The molecule has 1 aliphatic heterocycles. The summed E-state index contributed by atoms with van der Waals surface area (Å²) in [6, 6.07) is 8.58. The Hall–Kier alpha value is -1.07. The van der Waals surface area contributed by atoms with Gasteiger partial charge in [-0.3, -0.25) is 4.31 Å². The topological polar surface area (TPSA) is 49.4 Å². The Morgan fingerprint density at radius 1 is 1.24 bits per heavy atom. The molecule has 0 aromatic heterocycles. The number of benzene rings is 1. The van der Waals surface area contributed by atoms with Gasteiger partial charge in [0.2, 0.25) is 10.0 Å². The molecular weight excluding hydrogens is 284 g/mol. The summed E-state index contributed by atoms with van der Waals surface area (Å²) in [6.45, 7) is 2.93. The number of unbranched alkanes of at least 4 members (excludes halogenated alkanes) is 1.